The molecule has 0 fully saturated rings. The van der Waals surface area contributed by atoms with Gasteiger partial charge in [-0.05, 0) is 18.6 Å². The minimum atomic E-state index is -3.72. The van der Waals surface area contributed by atoms with Gasteiger partial charge in [-0.25, -0.2) is 13.4 Å². The zero-order valence-electron chi connectivity index (χ0n) is 11.7. The van der Waals surface area contributed by atoms with Gasteiger partial charge in [0, 0.05) is 12.1 Å². The number of rotatable bonds is 4. The molecule has 114 valence electrons. The van der Waals surface area contributed by atoms with Gasteiger partial charge in [-0.2, -0.15) is 9.61 Å². The van der Waals surface area contributed by atoms with Crippen molar-refractivity contribution in [1.29, 1.82) is 0 Å². The third kappa shape index (κ3) is 2.77. The van der Waals surface area contributed by atoms with Crippen LogP contribution in [0.4, 0.5) is 5.82 Å². The third-order valence-electron chi connectivity index (χ3n) is 3.10. The van der Waals surface area contributed by atoms with Crippen LogP contribution < -0.4 is 4.72 Å². The summed E-state index contributed by atoms with van der Waals surface area (Å²) in [6, 6.07) is 11.3. The predicted molar refractivity (Wildman–Crippen MR) is 84.6 cm³/mol. The lowest BCUT2D eigenvalue weighted by atomic mass is 10.3. The molecule has 2 aromatic heterocycles. The number of fused-ring (bicyclic) bond motifs is 1. The van der Waals surface area contributed by atoms with Crippen LogP contribution in [-0.2, 0) is 16.4 Å². The van der Waals surface area contributed by atoms with Gasteiger partial charge in [0.15, 0.2) is 5.65 Å². The zero-order valence-corrected chi connectivity index (χ0v) is 13.3. The van der Waals surface area contributed by atoms with E-state index in [0.717, 1.165) is 5.69 Å². The summed E-state index contributed by atoms with van der Waals surface area (Å²) < 4.78 is 28.8. The van der Waals surface area contributed by atoms with Crippen LogP contribution in [0.1, 0.15) is 12.6 Å². The molecule has 3 aromatic rings. The topological polar surface area (TPSA) is 76.4 Å². The predicted octanol–water partition coefficient (Wildman–Crippen LogP) is 2.75. The molecule has 8 heteroatoms. The summed E-state index contributed by atoms with van der Waals surface area (Å²) in [5.41, 5.74) is 1.30. The van der Waals surface area contributed by atoms with Crippen molar-refractivity contribution in [2.45, 2.75) is 18.2 Å². The van der Waals surface area contributed by atoms with Gasteiger partial charge in [0.05, 0.1) is 10.6 Å². The van der Waals surface area contributed by atoms with Crippen molar-refractivity contribution >= 4 is 33.1 Å². The maximum Gasteiger partial charge on any atom is 0.263 e. The van der Waals surface area contributed by atoms with Crippen molar-refractivity contribution in [3.8, 4) is 0 Å². The van der Waals surface area contributed by atoms with Gasteiger partial charge in [0.1, 0.15) is 11.0 Å². The molecular formula is C14H13ClN4O2S. The Kier molecular flexibility index (Phi) is 3.76. The molecule has 0 bridgehead atoms. The van der Waals surface area contributed by atoms with E-state index in [2.05, 4.69) is 14.8 Å². The fourth-order valence-electron chi connectivity index (χ4n) is 2.03. The molecule has 0 aliphatic carbocycles. The molecule has 0 aliphatic heterocycles. The summed E-state index contributed by atoms with van der Waals surface area (Å²) in [5.74, 6) is 0.249. The Bertz CT molecular complexity index is 923. The van der Waals surface area contributed by atoms with Crippen LogP contribution >= 0.6 is 11.6 Å². The van der Waals surface area contributed by atoms with Gasteiger partial charge in [-0.3, -0.25) is 4.72 Å². The highest BCUT2D eigenvalue weighted by Gasteiger charge is 2.17. The average Bonchev–Trinajstić information content (AvgIpc) is 2.91. The van der Waals surface area contributed by atoms with Crippen molar-refractivity contribution in [3.05, 3.63) is 53.3 Å². The average molecular weight is 337 g/mol. The van der Waals surface area contributed by atoms with Crippen LogP contribution in [0.3, 0.4) is 0 Å². The van der Waals surface area contributed by atoms with Crippen LogP contribution in [0.15, 0.2) is 47.4 Å². The molecular weight excluding hydrogens is 324 g/mol. The molecule has 1 aromatic carbocycles. The van der Waals surface area contributed by atoms with Gasteiger partial charge in [-0.15, -0.1) is 0 Å². The molecule has 22 heavy (non-hydrogen) atoms. The Morgan fingerprint density at radius 2 is 1.95 bits per heavy atom. The minimum Gasteiger partial charge on any atom is -0.263 e. The van der Waals surface area contributed by atoms with Crippen LogP contribution in [-0.4, -0.2) is 23.0 Å². The zero-order chi connectivity index (χ0) is 15.7. The molecule has 0 saturated heterocycles. The lowest BCUT2D eigenvalue weighted by molar-refractivity contribution is 0.600. The fourth-order valence-corrected chi connectivity index (χ4v) is 3.28. The normalized spacial score (nSPS) is 11.7. The first-order valence-corrected chi connectivity index (χ1v) is 8.49. The number of anilines is 1. The van der Waals surface area contributed by atoms with E-state index < -0.39 is 10.0 Å². The number of hydrogen-bond acceptors (Lipinski definition) is 4. The van der Waals surface area contributed by atoms with Gasteiger partial charge >= 0.3 is 0 Å². The SMILES string of the molecule is CCc1cc2nc(Cl)cc(NS(=O)(=O)c3ccccc3)n2n1. The molecule has 3 rings (SSSR count). The summed E-state index contributed by atoms with van der Waals surface area (Å²) in [7, 11) is -3.72. The van der Waals surface area contributed by atoms with E-state index in [0.29, 0.717) is 12.1 Å². The van der Waals surface area contributed by atoms with Gasteiger partial charge in [-0.1, -0.05) is 36.7 Å². The van der Waals surface area contributed by atoms with Crippen molar-refractivity contribution in [2.75, 3.05) is 4.72 Å². The van der Waals surface area contributed by atoms with E-state index in [-0.39, 0.29) is 15.9 Å². The summed E-state index contributed by atoms with van der Waals surface area (Å²) in [6.07, 6.45) is 0.714. The standard InChI is InChI=1S/C14H13ClN4O2S/c1-2-10-8-13-16-12(15)9-14(19(13)17-10)18-22(20,21)11-6-4-3-5-7-11/h3-9,18H,2H2,1H3. The van der Waals surface area contributed by atoms with Crippen LogP contribution in [0.25, 0.3) is 5.65 Å². The molecule has 0 spiro atoms. The number of aryl methyl sites for hydroxylation is 1. The number of nitrogens with zero attached hydrogens (tertiary/aromatic N) is 3. The van der Waals surface area contributed by atoms with Crippen LogP contribution in [0.2, 0.25) is 5.15 Å². The second kappa shape index (κ2) is 5.58. The number of sulfonamides is 1. The largest absolute Gasteiger partial charge is 0.263 e. The fraction of sp³-hybridized carbons (Fsp3) is 0.143. The van der Waals surface area contributed by atoms with Crippen molar-refractivity contribution < 1.29 is 8.42 Å². The number of aromatic nitrogens is 3. The van der Waals surface area contributed by atoms with E-state index in [4.69, 9.17) is 11.6 Å². The molecule has 0 amide bonds. The molecule has 6 nitrogen and oxygen atoms in total. The van der Waals surface area contributed by atoms with E-state index in [1.165, 1.54) is 22.7 Å². The van der Waals surface area contributed by atoms with Gasteiger partial charge < -0.3 is 0 Å². The first kappa shape index (κ1) is 14.8. The maximum atomic E-state index is 12.4. The number of benzene rings is 1. The second-order valence-electron chi connectivity index (χ2n) is 4.64. The first-order valence-electron chi connectivity index (χ1n) is 6.62. The highest BCUT2D eigenvalue weighted by Crippen LogP contribution is 2.20. The summed E-state index contributed by atoms with van der Waals surface area (Å²) >= 11 is 5.96. The quantitative estimate of drug-likeness (QED) is 0.743. The number of nitrogens with one attached hydrogen (secondary N) is 1. The highest BCUT2D eigenvalue weighted by molar-refractivity contribution is 7.92. The minimum absolute atomic E-state index is 0.166. The monoisotopic (exact) mass is 336 g/mol. The molecule has 0 radical (unpaired) electrons. The molecule has 0 unspecified atom stereocenters. The molecule has 0 aliphatic rings. The maximum absolute atomic E-state index is 12.4. The number of hydrogen-bond donors (Lipinski definition) is 1. The van der Waals surface area contributed by atoms with Crippen LogP contribution in [0.5, 0.6) is 0 Å². The Balaban J connectivity index is 2.09. The summed E-state index contributed by atoms with van der Waals surface area (Å²) in [4.78, 5) is 4.30. The highest BCUT2D eigenvalue weighted by atomic mass is 35.5. The Labute approximate surface area is 132 Å². The van der Waals surface area contributed by atoms with E-state index >= 15 is 0 Å². The Morgan fingerprint density at radius 1 is 1.23 bits per heavy atom. The van der Waals surface area contributed by atoms with Gasteiger partial charge in [0.25, 0.3) is 10.0 Å². The van der Waals surface area contributed by atoms with E-state index in [1.54, 1.807) is 24.3 Å². The Morgan fingerprint density at radius 3 is 2.64 bits per heavy atom. The molecule has 1 N–H and O–H groups in total. The molecule has 0 saturated carbocycles. The molecule has 2 heterocycles. The van der Waals surface area contributed by atoms with Crippen molar-refractivity contribution in [1.82, 2.24) is 14.6 Å². The second-order valence-corrected chi connectivity index (χ2v) is 6.71. The molecule has 0 atom stereocenters. The van der Waals surface area contributed by atoms with E-state index in [9.17, 15) is 8.42 Å². The summed E-state index contributed by atoms with van der Waals surface area (Å²) in [5, 5.41) is 4.51. The van der Waals surface area contributed by atoms with Crippen molar-refractivity contribution in [2.24, 2.45) is 0 Å². The van der Waals surface area contributed by atoms with Crippen molar-refractivity contribution in [3.63, 3.8) is 0 Å². The van der Waals surface area contributed by atoms with E-state index in [1.807, 2.05) is 6.92 Å². The lowest BCUT2D eigenvalue weighted by Gasteiger charge is -2.09. The smallest absolute Gasteiger partial charge is 0.263 e. The first-order chi connectivity index (χ1) is 10.5. The lowest BCUT2D eigenvalue weighted by Crippen LogP contribution is -2.16. The Hall–Kier alpha value is -2.12. The third-order valence-corrected chi connectivity index (χ3v) is 4.67. The van der Waals surface area contributed by atoms with Crippen LogP contribution in [0, 0.1) is 0 Å². The number of halogens is 1. The summed E-state index contributed by atoms with van der Waals surface area (Å²) in [6.45, 7) is 1.96. The van der Waals surface area contributed by atoms with Gasteiger partial charge in [0.2, 0.25) is 0 Å².